The summed E-state index contributed by atoms with van der Waals surface area (Å²) in [6.07, 6.45) is 0.158. The van der Waals surface area contributed by atoms with E-state index in [2.05, 4.69) is 23.3 Å². The number of aliphatic hydroxyl groups excluding tert-OH is 1. The maximum Gasteiger partial charge on any atom is 0.248 e. The lowest BCUT2D eigenvalue weighted by molar-refractivity contribution is 0.1000. The molecule has 1 amide bonds. The second-order valence-corrected chi connectivity index (χ2v) is 9.46. The molecule has 5 rings (SSSR count). The molecule has 0 bridgehead atoms. The first-order chi connectivity index (χ1) is 18.5. The third kappa shape index (κ3) is 5.96. The number of primary amides is 1. The molecule has 38 heavy (non-hydrogen) atoms. The molecule has 1 unspecified atom stereocenters. The molecular formula is C31H31N3O4. The molecule has 0 saturated heterocycles. The maximum absolute atomic E-state index is 11.2. The van der Waals surface area contributed by atoms with E-state index in [-0.39, 0.29) is 12.6 Å². The summed E-state index contributed by atoms with van der Waals surface area (Å²) in [6, 6.07) is 28.8. The summed E-state index contributed by atoms with van der Waals surface area (Å²) in [7, 11) is 0. The van der Waals surface area contributed by atoms with Gasteiger partial charge in [0.15, 0.2) is 0 Å². The van der Waals surface area contributed by atoms with E-state index in [9.17, 15) is 9.90 Å². The number of hydrogen-bond acceptors (Lipinski definition) is 5. The highest BCUT2D eigenvalue weighted by Gasteiger charge is 2.13. The Bertz CT molecular complexity index is 1530. The van der Waals surface area contributed by atoms with Gasteiger partial charge in [-0.1, -0.05) is 36.4 Å². The number of benzene rings is 4. The third-order valence-corrected chi connectivity index (χ3v) is 6.46. The fourth-order valence-corrected chi connectivity index (χ4v) is 4.51. The number of aliphatic hydroxyl groups is 1. The summed E-state index contributed by atoms with van der Waals surface area (Å²) in [5, 5.41) is 16.1. The van der Waals surface area contributed by atoms with Crippen molar-refractivity contribution in [1.29, 1.82) is 0 Å². The Morgan fingerprint density at radius 2 is 1.61 bits per heavy atom. The molecule has 5 aromatic rings. The Morgan fingerprint density at radius 3 is 2.34 bits per heavy atom. The van der Waals surface area contributed by atoms with Crippen molar-refractivity contribution < 1.29 is 19.4 Å². The van der Waals surface area contributed by atoms with E-state index >= 15 is 0 Å². The minimum absolute atomic E-state index is 0.162. The lowest BCUT2D eigenvalue weighted by atomic mass is 10.1. The van der Waals surface area contributed by atoms with Crippen LogP contribution in [0.4, 0.5) is 0 Å². The van der Waals surface area contributed by atoms with Crippen LogP contribution in [0.3, 0.4) is 0 Å². The van der Waals surface area contributed by atoms with Gasteiger partial charge in [-0.2, -0.15) is 0 Å². The number of rotatable bonds is 11. The molecule has 4 aromatic carbocycles. The van der Waals surface area contributed by atoms with Crippen LogP contribution < -0.4 is 20.5 Å². The number of carbonyl (C=O) groups is 1. The third-order valence-electron chi connectivity index (χ3n) is 6.46. The standard InChI is InChI=1S/C31H31N3O4/c1-20(17-21-9-13-24(14-10-21)38-25-15-11-22(12-16-25)31(32)36)33-18-23(35)19-37-29-8-4-7-28-30(29)26-5-2-3-6-27(26)34-28/h2-16,20,23,33-35H,17-19H2,1H3,(H2,32,36)/t20-,23?/m1/s1. The zero-order chi connectivity index (χ0) is 26.5. The maximum atomic E-state index is 11.2. The topological polar surface area (TPSA) is 110 Å². The van der Waals surface area contributed by atoms with Gasteiger partial charge < -0.3 is 30.6 Å². The predicted molar refractivity (Wildman–Crippen MR) is 150 cm³/mol. The van der Waals surface area contributed by atoms with Gasteiger partial charge in [0.25, 0.3) is 0 Å². The second kappa shape index (κ2) is 11.4. The summed E-state index contributed by atoms with van der Waals surface area (Å²) >= 11 is 0. The fourth-order valence-electron chi connectivity index (χ4n) is 4.51. The Hall–Kier alpha value is -4.33. The van der Waals surface area contributed by atoms with Crippen molar-refractivity contribution in [2.45, 2.75) is 25.5 Å². The molecule has 2 atom stereocenters. The minimum Gasteiger partial charge on any atom is -0.490 e. The van der Waals surface area contributed by atoms with E-state index in [4.69, 9.17) is 15.2 Å². The molecule has 0 aliphatic carbocycles. The second-order valence-electron chi connectivity index (χ2n) is 9.46. The number of hydrogen-bond donors (Lipinski definition) is 4. The summed E-state index contributed by atoms with van der Waals surface area (Å²) < 4.78 is 11.9. The lowest BCUT2D eigenvalue weighted by Crippen LogP contribution is -2.37. The highest BCUT2D eigenvalue weighted by Crippen LogP contribution is 2.33. The van der Waals surface area contributed by atoms with Gasteiger partial charge in [-0.3, -0.25) is 4.79 Å². The van der Waals surface area contributed by atoms with Crippen LogP contribution in [0.1, 0.15) is 22.8 Å². The molecule has 7 heteroatoms. The molecule has 0 spiro atoms. The molecule has 0 radical (unpaired) electrons. The summed E-state index contributed by atoms with van der Waals surface area (Å²) in [5.74, 6) is 1.64. The van der Waals surface area contributed by atoms with E-state index < -0.39 is 12.0 Å². The van der Waals surface area contributed by atoms with Crippen molar-refractivity contribution in [3.8, 4) is 17.2 Å². The van der Waals surface area contributed by atoms with Crippen molar-refractivity contribution in [1.82, 2.24) is 10.3 Å². The van der Waals surface area contributed by atoms with Crippen LogP contribution in [0.2, 0.25) is 0 Å². The number of carbonyl (C=O) groups excluding carboxylic acids is 1. The van der Waals surface area contributed by atoms with Crippen LogP contribution in [0.25, 0.3) is 21.8 Å². The van der Waals surface area contributed by atoms with Crippen LogP contribution >= 0.6 is 0 Å². The fraction of sp³-hybridized carbons (Fsp3) is 0.194. The number of fused-ring (bicyclic) bond motifs is 3. The lowest BCUT2D eigenvalue weighted by Gasteiger charge is -2.18. The van der Waals surface area contributed by atoms with Crippen molar-refractivity contribution in [3.63, 3.8) is 0 Å². The van der Waals surface area contributed by atoms with E-state index in [1.54, 1.807) is 24.3 Å². The first-order valence-electron chi connectivity index (χ1n) is 12.7. The van der Waals surface area contributed by atoms with Crippen LogP contribution in [-0.2, 0) is 6.42 Å². The first kappa shape index (κ1) is 25.3. The molecule has 0 aliphatic heterocycles. The summed E-state index contributed by atoms with van der Waals surface area (Å²) in [6.45, 7) is 2.71. The molecular weight excluding hydrogens is 478 g/mol. The van der Waals surface area contributed by atoms with Crippen molar-refractivity contribution in [2.75, 3.05) is 13.2 Å². The quantitative estimate of drug-likeness (QED) is 0.196. The SMILES string of the molecule is C[C@H](Cc1ccc(Oc2ccc(C(N)=O)cc2)cc1)NCC(O)COc1cccc2[nH]c3ccccc3c12. The monoisotopic (exact) mass is 509 g/mol. The summed E-state index contributed by atoms with van der Waals surface area (Å²) in [4.78, 5) is 14.6. The van der Waals surface area contributed by atoms with E-state index in [1.807, 2.05) is 60.7 Å². The minimum atomic E-state index is -0.644. The van der Waals surface area contributed by atoms with Crippen LogP contribution in [0.15, 0.2) is 91.0 Å². The normalized spacial score (nSPS) is 12.9. The molecule has 194 valence electrons. The van der Waals surface area contributed by atoms with Crippen LogP contribution in [-0.4, -0.2) is 41.3 Å². The van der Waals surface area contributed by atoms with Gasteiger partial charge >= 0.3 is 0 Å². The van der Waals surface area contributed by atoms with E-state index in [0.717, 1.165) is 39.5 Å². The Balaban J connectivity index is 1.09. The average molecular weight is 510 g/mol. The number of para-hydroxylation sites is 1. The number of amides is 1. The van der Waals surface area contributed by atoms with Gasteiger partial charge in [-0.05, 0) is 73.5 Å². The zero-order valence-electron chi connectivity index (χ0n) is 21.2. The largest absolute Gasteiger partial charge is 0.490 e. The predicted octanol–water partition coefficient (Wildman–Crippen LogP) is 5.17. The molecule has 0 saturated carbocycles. The van der Waals surface area contributed by atoms with Crippen molar-refractivity contribution >= 4 is 27.7 Å². The average Bonchev–Trinajstić information content (AvgIpc) is 3.31. The Kier molecular flexibility index (Phi) is 7.58. The molecule has 5 N–H and O–H groups in total. The highest BCUT2D eigenvalue weighted by molar-refractivity contribution is 6.10. The summed E-state index contributed by atoms with van der Waals surface area (Å²) in [5.41, 5.74) is 8.95. The van der Waals surface area contributed by atoms with Crippen LogP contribution in [0, 0.1) is 0 Å². The number of H-pyrrole nitrogens is 1. The molecule has 1 aromatic heterocycles. The van der Waals surface area contributed by atoms with E-state index in [0.29, 0.717) is 23.6 Å². The van der Waals surface area contributed by atoms with Gasteiger partial charge in [-0.15, -0.1) is 0 Å². The highest BCUT2D eigenvalue weighted by atomic mass is 16.5. The Labute approximate surface area is 221 Å². The van der Waals surface area contributed by atoms with E-state index in [1.165, 1.54) is 0 Å². The van der Waals surface area contributed by atoms with Gasteiger partial charge in [0.1, 0.15) is 30.0 Å². The Morgan fingerprint density at radius 1 is 0.921 bits per heavy atom. The first-order valence-corrected chi connectivity index (χ1v) is 12.7. The molecule has 7 nitrogen and oxygen atoms in total. The molecule has 0 fully saturated rings. The number of nitrogens with one attached hydrogen (secondary N) is 2. The number of aromatic amines is 1. The zero-order valence-corrected chi connectivity index (χ0v) is 21.2. The van der Waals surface area contributed by atoms with Gasteiger partial charge in [-0.25, -0.2) is 0 Å². The van der Waals surface area contributed by atoms with Gasteiger partial charge in [0, 0.05) is 34.4 Å². The molecule has 0 aliphatic rings. The smallest absolute Gasteiger partial charge is 0.248 e. The van der Waals surface area contributed by atoms with Gasteiger partial charge in [0.05, 0.1) is 5.52 Å². The molecule has 1 heterocycles. The van der Waals surface area contributed by atoms with Gasteiger partial charge in [0.2, 0.25) is 5.91 Å². The number of aromatic nitrogens is 1. The van der Waals surface area contributed by atoms with Crippen LogP contribution in [0.5, 0.6) is 17.2 Å². The number of ether oxygens (including phenoxy) is 2. The van der Waals surface area contributed by atoms with Crippen molar-refractivity contribution in [3.05, 3.63) is 102 Å². The van der Waals surface area contributed by atoms with Crippen molar-refractivity contribution in [2.24, 2.45) is 5.73 Å². The number of nitrogens with two attached hydrogens (primary N) is 1.